The summed E-state index contributed by atoms with van der Waals surface area (Å²) >= 11 is 0. The Morgan fingerprint density at radius 2 is 2.04 bits per heavy atom. The summed E-state index contributed by atoms with van der Waals surface area (Å²) in [4.78, 5) is 4.33. The third-order valence-corrected chi connectivity index (χ3v) is 5.08. The predicted molar refractivity (Wildman–Crippen MR) is 111 cm³/mol. The predicted octanol–water partition coefficient (Wildman–Crippen LogP) is 4.34. The second kappa shape index (κ2) is 9.53. The highest BCUT2D eigenvalue weighted by Gasteiger charge is 2.21. The zero-order valence-corrected chi connectivity index (χ0v) is 17.2. The van der Waals surface area contributed by atoms with E-state index in [-0.39, 0.29) is 12.1 Å². The van der Waals surface area contributed by atoms with Crippen LogP contribution in [0.5, 0.6) is 11.5 Å². The smallest absolute Gasteiger partial charge is 0.191 e. The number of benzene rings is 1. The number of ether oxygens (including phenoxy) is 2. The molecule has 0 aliphatic heterocycles. The van der Waals surface area contributed by atoms with Crippen LogP contribution in [-0.4, -0.2) is 26.2 Å². The van der Waals surface area contributed by atoms with Gasteiger partial charge in [0.1, 0.15) is 11.5 Å². The number of hydrogen-bond donors (Lipinski definition) is 2. The van der Waals surface area contributed by atoms with Crippen LogP contribution in [-0.2, 0) is 6.54 Å². The Morgan fingerprint density at radius 3 is 2.68 bits per heavy atom. The van der Waals surface area contributed by atoms with Crippen molar-refractivity contribution in [2.24, 2.45) is 4.99 Å². The van der Waals surface area contributed by atoms with E-state index in [0.29, 0.717) is 12.5 Å². The SMILES string of the molecule is CN=C(NCc1cccc(OC)c1OC1CCCC1)NC(C)c1ccc(C)o1. The molecule has 152 valence electrons. The molecule has 2 N–H and O–H groups in total. The monoisotopic (exact) mass is 385 g/mol. The van der Waals surface area contributed by atoms with Crippen molar-refractivity contribution in [1.82, 2.24) is 10.6 Å². The quantitative estimate of drug-likeness (QED) is 0.548. The Bertz CT molecular complexity index is 794. The number of rotatable bonds is 7. The number of aryl methyl sites for hydroxylation is 1. The molecule has 0 bridgehead atoms. The minimum Gasteiger partial charge on any atom is -0.493 e. The summed E-state index contributed by atoms with van der Waals surface area (Å²) in [5.41, 5.74) is 1.05. The average Bonchev–Trinajstić information content (AvgIpc) is 3.37. The molecular formula is C22H31N3O3. The first-order valence-corrected chi connectivity index (χ1v) is 9.96. The minimum absolute atomic E-state index is 0.0134. The molecule has 1 aliphatic carbocycles. The van der Waals surface area contributed by atoms with Gasteiger partial charge in [-0.1, -0.05) is 12.1 Å². The number of methoxy groups -OCH3 is 1. The van der Waals surface area contributed by atoms with E-state index in [9.17, 15) is 0 Å². The van der Waals surface area contributed by atoms with Crippen molar-refractivity contribution < 1.29 is 13.9 Å². The molecule has 0 saturated heterocycles. The lowest BCUT2D eigenvalue weighted by molar-refractivity contribution is 0.198. The van der Waals surface area contributed by atoms with Crippen molar-refractivity contribution in [1.29, 1.82) is 0 Å². The summed E-state index contributed by atoms with van der Waals surface area (Å²) in [5, 5.41) is 6.73. The summed E-state index contributed by atoms with van der Waals surface area (Å²) in [5.74, 6) is 4.09. The van der Waals surface area contributed by atoms with Gasteiger partial charge in [0, 0.05) is 19.2 Å². The molecular weight excluding hydrogens is 354 g/mol. The molecule has 6 nitrogen and oxygen atoms in total. The van der Waals surface area contributed by atoms with Gasteiger partial charge in [-0.05, 0) is 57.7 Å². The summed E-state index contributed by atoms with van der Waals surface area (Å²) in [6, 6.07) is 9.96. The van der Waals surface area contributed by atoms with Crippen LogP contribution < -0.4 is 20.1 Å². The highest BCUT2D eigenvalue weighted by molar-refractivity contribution is 5.80. The van der Waals surface area contributed by atoms with Gasteiger partial charge in [0.15, 0.2) is 17.5 Å². The molecule has 1 unspecified atom stereocenters. The fourth-order valence-corrected chi connectivity index (χ4v) is 3.50. The van der Waals surface area contributed by atoms with Crippen LogP contribution in [0, 0.1) is 6.92 Å². The molecule has 2 aromatic rings. The zero-order valence-electron chi connectivity index (χ0n) is 17.2. The topological polar surface area (TPSA) is 68.0 Å². The van der Waals surface area contributed by atoms with Crippen LogP contribution in [0.3, 0.4) is 0 Å². The Kier molecular flexibility index (Phi) is 6.85. The highest BCUT2D eigenvalue weighted by Crippen LogP contribution is 2.34. The summed E-state index contributed by atoms with van der Waals surface area (Å²) < 4.78 is 17.5. The second-order valence-corrected chi connectivity index (χ2v) is 7.21. The van der Waals surface area contributed by atoms with Crippen molar-refractivity contribution in [3.63, 3.8) is 0 Å². The number of para-hydroxylation sites is 1. The van der Waals surface area contributed by atoms with Crippen molar-refractivity contribution >= 4 is 5.96 Å². The van der Waals surface area contributed by atoms with Crippen molar-refractivity contribution in [3.05, 3.63) is 47.4 Å². The van der Waals surface area contributed by atoms with Gasteiger partial charge in [0.05, 0.1) is 19.3 Å². The van der Waals surface area contributed by atoms with E-state index in [0.717, 1.165) is 41.4 Å². The van der Waals surface area contributed by atoms with Gasteiger partial charge in [-0.25, -0.2) is 0 Å². The molecule has 3 rings (SSSR count). The van der Waals surface area contributed by atoms with Gasteiger partial charge in [-0.2, -0.15) is 0 Å². The molecule has 1 aromatic heterocycles. The first kappa shape index (κ1) is 20.1. The van der Waals surface area contributed by atoms with Crippen molar-refractivity contribution in [2.45, 2.75) is 58.2 Å². The summed E-state index contributed by atoms with van der Waals surface area (Å²) in [7, 11) is 3.44. The van der Waals surface area contributed by atoms with E-state index < -0.39 is 0 Å². The van der Waals surface area contributed by atoms with Crippen LogP contribution in [0.2, 0.25) is 0 Å². The maximum absolute atomic E-state index is 6.31. The number of aliphatic imine (C=N–C) groups is 1. The summed E-state index contributed by atoms with van der Waals surface area (Å²) in [6.45, 7) is 4.58. The normalized spacial score (nSPS) is 16.1. The largest absolute Gasteiger partial charge is 0.493 e. The molecule has 28 heavy (non-hydrogen) atoms. The van der Waals surface area contributed by atoms with Gasteiger partial charge in [-0.15, -0.1) is 0 Å². The first-order valence-electron chi connectivity index (χ1n) is 9.96. The fourth-order valence-electron chi connectivity index (χ4n) is 3.50. The second-order valence-electron chi connectivity index (χ2n) is 7.21. The molecule has 1 heterocycles. The fraction of sp³-hybridized carbons (Fsp3) is 0.500. The van der Waals surface area contributed by atoms with Gasteiger partial charge >= 0.3 is 0 Å². The standard InChI is InChI=1S/C22H31N3O3/c1-15-12-13-19(27-15)16(2)25-22(23-3)24-14-17-8-7-11-20(26-4)21(17)28-18-9-5-6-10-18/h7-8,11-13,16,18H,5-6,9-10,14H2,1-4H3,(H2,23,24,25). The maximum Gasteiger partial charge on any atom is 0.191 e. The van der Waals surface area contributed by atoms with E-state index >= 15 is 0 Å². The van der Waals surface area contributed by atoms with Gasteiger partial charge in [-0.3, -0.25) is 4.99 Å². The third-order valence-electron chi connectivity index (χ3n) is 5.08. The van der Waals surface area contributed by atoms with Gasteiger partial charge in [0.2, 0.25) is 0 Å². The molecule has 6 heteroatoms. The molecule has 1 aromatic carbocycles. The molecule has 1 saturated carbocycles. The van der Waals surface area contributed by atoms with Crippen molar-refractivity contribution in [3.8, 4) is 11.5 Å². The van der Waals surface area contributed by atoms with E-state index in [4.69, 9.17) is 13.9 Å². The lowest BCUT2D eigenvalue weighted by atomic mass is 10.1. The molecule has 1 aliphatic rings. The van der Waals surface area contributed by atoms with E-state index in [2.05, 4.69) is 21.7 Å². The lowest BCUT2D eigenvalue weighted by Gasteiger charge is -2.21. The number of nitrogens with one attached hydrogen (secondary N) is 2. The number of hydrogen-bond acceptors (Lipinski definition) is 4. The van der Waals surface area contributed by atoms with E-state index in [1.165, 1.54) is 12.8 Å². The molecule has 1 atom stereocenters. The maximum atomic E-state index is 6.31. The Balaban J connectivity index is 1.66. The molecule has 1 fully saturated rings. The van der Waals surface area contributed by atoms with Crippen LogP contribution in [0.25, 0.3) is 0 Å². The molecule has 0 radical (unpaired) electrons. The Labute approximate surface area is 167 Å². The van der Waals surface area contributed by atoms with Crippen LogP contribution in [0.15, 0.2) is 39.7 Å². The molecule has 0 spiro atoms. The van der Waals surface area contributed by atoms with Crippen molar-refractivity contribution in [2.75, 3.05) is 14.2 Å². The van der Waals surface area contributed by atoms with Crippen LogP contribution in [0.1, 0.15) is 55.7 Å². The lowest BCUT2D eigenvalue weighted by Crippen LogP contribution is -2.38. The number of nitrogens with zero attached hydrogens (tertiary/aromatic N) is 1. The zero-order chi connectivity index (χ0) is 19.9. The van der Waals surface area contributed by atoms with Gasteiger partial charge in [0.25, 0.3) is 0 Å². The molecule has 0 amide bonds. The minimum atomic E-state index is 0.0134. The van der Waals surface area contributed by atoms with E-state index in [1.54, 1.807) is 14.2 Å². The Morgan fingerprint density at radius 1 is 1.25 bits per heavy atom. The average molecular weight is 386 g/mol. The van der Waals surface area contributed by atoms with Gasteiger partial charge < -0.3 is 24.5 Å². The number of furan rings is 1. The first-order chi connectivity index (χ1) is 13.6. The highest BCUT2D eigenvalue weighted by atomic mass is 16.5. The Hall–Kier alpha value is -2.63. The third kappa shape index (κ3) is 5.00. The van der Waals surface area contributed by atoms with E-state index in [1.807, 2.05) is 38.1 Å². The summed E-state index contributed by atoms with van der Waals surface area (Å²) in [6.07, 6.45) is 4.94. The number of guanidine groups is 1. The van der Waals surface area contributed by atoms with Crippen LogP contribution >= 0.6 is 0 Å². The van der Waals surface area contributed by atoms with Crippen LogP contribution in [0.4, 0.5) is 0 Å².